The van der Waals surface area contributed by atoms with E-state index in [0.29, 0.717) is 36.5 Å². The minimum Gasteiger partial charge on any atom is -0.477 e. The fraction of sp³-hybridized carbons (Fsp3) is 0.556. The lowest BCUT2D eigenvalue weighted by atomic mass is 9.96. The number of aromatic amines is 1. The molecule has 3 amide bonds. The first-order chi connectivity index (χ1) is 13.1. The number of fused-ring (bicyclic) bond motifs is 3. The van der Waals surface area contributed by atoms with E-state index in [1.807, 2.05) is 20.8 Å². The van der Waals surface area contributed by atoms with Crippen molar-refractivity contribution in [2.24, 2.45) is 11.1 Å². The van der Waals surface area contributed by atoms with Gasteiger partial charge in [0.15, 0.2) is 5.82 Å². The Bertz CT molecular complexity index is 1060. The lowest BCUT2D eigenvalue weighted by Gasteiger charge is -2.18. The number of nitrogens with two attached hydrogens (primary N) is 1. The maximum Gasteiger partial charge on any atom is 0.378 e. The summed E-state index contributed by atoms with van der Waals surface area (Å²) in [5.74, 6) is -0.535. The van der Waals surface area contributed by atoms with Crippen LogP contribution < -0.4 is 26.1 Å². The number of aromatic nitrogens is 3. The van der Waals surface area contributed by atoms with Gasteiger partial charge in [-0.3, -0.25) is 9.69 Å². The van der Waals surface area contributed by atoms with E-state index in [2.05, 4.69) is 10.4 Å². The molecule has 0 spiro atoms. The molecule has 4 rings (SSSR count). The van der Waals surface area contributed by atoms with Crippen molar-refractivity contribution in [3.8, 4) is 5.88 Å². The summed E-state index contributed by atoms with van der Waals surface area (Å²) < 4.78 is 2.80. The number of H-pyrrole nitrogens is 1. The van der Waals surface area contributed by atoms with Crippen LogP contribution in [0, 0.1) is 5.41 Å². The van der Waals surface area contributed by atoms with Gasteiger partial charge in [0.25, 0.3) is 5.91 Å². The van der Waals surface area contributed by atoms with E-state index in [4.69, 9.17) is 5.73 Å². The molecule has 10 nitrogen and oxygen atoms in total. The fourth-order valence-electron chi connectivity index (χ4n) is 3.66. The number of anilines is 1. The average Bonchev–Trinajstić information content (AvgIpc) is 3.15. The summed E-state index contributed by atoms with van der Waals surface area (Å²) in [6.45, 7) is 6.74. The zero-order chi connectivity index (χ0) is 20.4. The number of nitrogens with one attached hydrogen (secondary N) is 2. The number of carbonyl (C=O) groups is 2. The van der Waals surface area contributed by atoms with Crippen molar-refractivity contribution in [2.45, 2.75) is 52.6 Å². The normalized spacial score (nSPS) is 16.5. The van der Waals surface area contributed by atoms with Crippen molar-refractivity contribution < 1.29 is 19.3 Å². The number of nitrogens with zero attached hydrogens (tertiary/aromatic N) is 3. The minimum atomic E-state index is -0.658. The molecule has 2 aliphatic rings. The van der Waals surface area contributed by atoms with Gasteiger partial charge in [-0.15, -0.1) is 0 Å². The Balaban J connectivity index is 1.98. The second kappa shape index (κ2) is 5.98. The first-order valence-corrected chi connectivity index (χ1v) is 9.38. The van der Waals surface area contributed by atoms with Crippen LogP contribution in [0.4, 0.5) is 10.6 Å². The minimum absolute atomic E-state index is 0.0436. The highest BCUT2D eigenvalue weighted by molar-refractivity contribution is 5.96. The summed E-state index contributed by atoms with van der Waals surface area (Å²) in [5, 5.41) is 16.6. The Kier molecular flexibility index (Phi) is 3.91. The van der Waals surface area contributed by atoms with Crippen LogP contribution in [-0.4, -0.2) is 39.2 Å². The molecular weight excluding hydrogens is 364 g/mol. The second-order valence-electron chi connectivity index (χ2n) is 8.74. The van der Waals surface area contributed by atoms with E-state index < -0.39 is 17.5 Å². The van der Waals surface area contributed by atoms with E-state index in [-0.39, 0.29) is 22.9 Å². The Morgan fingerprint density at radius 1 is 1.36 bits per heavy atom. The molecule has 1 fully saturated rings. The zero-order valence-corrected chi connectivity index (χ0v) is 16.2. The molecule has 1 aliphatic carbocycles. The van der Waals surface area contributed by atoms with Crippen molar-refractivity contribution in [3.05, 3.63) is 21.5 Å². The molecule has 0 atom stereocenters. The quantitative estimate of drug-likeness (QED) is 0.549. The van der Waals surface area contributed by atoms with Crippen LogP contribution in [0.15, 0.2) is 4.79 Å². The molecule has 0 aromatic carbocycles. The lowest BCUT2D eigenvalue weighted by Crippen LogP contribution is -2.48. The highest BCUT2D eigenvalue weighted by Gasteiger charge is 2.39. The number of hydrogen-bond acceptors (Lipinski definition) is 4. The number of hydrogen-bond donors (Lipinski definition) is 4. The number of urea groups is 1. The Labute approximate surface area is 160 Å². The third-order valence-electron chi connectivity index (χ3n) is 5.03. The van der Waals surface area contributed by atoms with Crippen LogP contribution in [0.25, 0.3) is 5.65 Å². The van der Waals surface area contributed by atoms with Crippen LogP contribution in [0.1, 0.15) is 49.5 Å². The monoisotopic (exact) mass is 389 g/mol. The molecule has 2 aromatic heterocycles. The first-order valence-electron chi connectivity index (χ1n) is 9.38. The fourth-order valence-corrected chi connectivity index (χ4v) is 3.66. The Morgan fingerprint density at radius 3 is 2.61 bits per heavy atom. The molecule has 1 aliphatic heterocycles. The van der Waals surface area contributed by atoms with Gasteiger partial charge < -0.3 is 16.2 Å². The molecule has 150 valence electrons. The van der Waals surface area contributed by atoms with Crippen molar-refractivity contribution in [1.82, 2.24) is 14.9 Å². The van der Waals surface area contributed by atoms with Crippen molar-refractivity contribution in [2.75, 3.05) is 11.4 Å². The van der Waals surface area contributed by atoms with Crippen molar-refractivity contribution >= 4 is 23.4 Å². The van der Waals surface area contributed by atoms with Crippen LogP contribution in [-0.2, 0) is 13.0 Å². The maximum absolute atomic E-state index is 13.1. The summed E-state index contributed by atoms with van der Waals surface area (Å²) in [7, 11) is 0. The number of aromatic hydroxyl groups is 1. The number of carbonyl (C=O) groups excluding carboxylic acids is 2. The van der Waals surface area contributed by atoms with Crippen LogP contribution in [0.5, 0.6) is 5.88 Å². The van der Waals surface area contributed by atoms with Gasteiger partial charge in [0.1, 0.15) is 0 Å². The van der Waals surface area contributed by atoms with E-state index in [1.54, 1.807) is 4.57 Å². The molecule has 2 aromatic rings. The molecule has 0 saturated heterocycles. The highest BCUT2D eigenvalue weighted by atomic mass is 16.3. The Morgan fingerprint density at radius 2 is 2.04 bits per heavy atom. The smallest absolute Gasteiger partial charge is 0.378 e. The topological polar surface area (TPSA) is 137 Å². The maximum atomic E-state index is 13.1. The molecule has 0 radical (unpaired) electrons. The van der Waals surface area contributed by atoms with Crippen LogP contribution in [0.2, 0.25) is 0 Å². The standard InChI is InChI=1S/C18H24N6O4/c1-18(2,3)8-23-14-10-6-7-22(17(19)28)12(10)21-24(14)16(27)11(15(23)26)13(25)20-9-4-5-9/h9H,4-8H2,1-3H3,(H4,19,20,25,26,27,28)/p+1. The van der Waals surface area contributed by atoms with Gasteiger partial charge in [-0.1, -0.05) is 25.3 Å². The molecular formula is C18H25N6O4+. The van der Waals surface area contributed by atoms with Gasteiger partial charge in [-0.2, -0.15) is 4.57 Å². The molecule has 1 saturated carbocycles. The van der Waals surface area contributed by atoms with E-state index in [1.165, 1.54) is 9.42 Å². The van der Waals surface area contributed by atoms with Crippen LogP contribution in [0.3, 0.4) is 0 Å². The first kappa shape index (κ1) is 18.3. The van der Waals surface area contributed by atoms with Gasteiger partial charge in [-0.25, -0.2) is 14.7 Å². The van der Waals surface area contributed by atoms with Gasteiger partial charge in [0.2, 0.25) is 5.56 Å². The predicted octanol–water partition coefficient (Wildman–Crippen LogP) is 0.000200. The van der Waals surface area contributed by atoms with Crippen molar-refractivity contribution in [1.29, 1.82) is 0 Å². The summed E-state index contributed by atoms with van der Waals surface area (Å²) >= 11 is 0. The molecule has 28 heavy (non-hydrogen) atoms. The SMILES string of the molecule is CC(C)(C)C[n+]1c(O)c(C(=O)NC2CC2)c(=O)n2[nH]c3c(c21)CCN3C(N)=O. The predicted molar refractivity (Wildman–Crippen MR) is 100 cm³/mol. The molecule has 0 unspecified atom stereocenters. The van der Waals surface area contributed by atoms with Gasteiger partial charge in [0.05, 0.1) is 12.1 Å². The van der Waals surface area contributed by atoms with E-state index in [9.17, 15) is 19.5 Å². The van der Waals surface area contributed by atoms with Gasteiger partial charge in [0, 0.05) is 19.0 Å². The number of amides is 3. The van der Waals surface area contributed by atoms with E-state index >= 15 is 0 Å². The number of primary amides is 1. The van der Waals surface area contributed by atoms with Gasteiger partial charge >= 0.3 is 23.1 Å². The molecule has 0 bridgehead atoms. The second-order valence-corrected chi connectivity index (χ2v) is 8.74. The molecule has 10 heteroatoms. The zero-order valence-electron chi connectivity index (χ0n) is 16.2. The summed E-state index contributed by atoms with van der Waals surface area (Å²) in [4.78, 5) is 38.8. The molecule has 5 N–H and O–H groups in total. The molecule has 3 heterocycles. The van der Waals surface area contributed by atoms with Gasteiger partial charge in [-0.05, 0) is 18.3 Å². The lowest BCUT2D eigenvalue weighted by molar-refractivity contribution is -0.692. The largest absolute Gasteiger partial charge is 0.477 e. The van der Waals surface area contributed by atoms with E-state index in [0.717, 1.165) is 12.8 Å². The number of rotatable bonds is 3. The van der Waals surface area contributed by atoms with Crippen LogP contribution >= 0.6 is 0 Å². The third kappa shape index (κ3) is 2.88. The average molecular weight is 389 g/mol. The third-order valence-corrected chi connectivity index (χ3v) is 5.03. The highest BCUT2D eigenvalue weighted by Crippen LogP contribution is 2.30. The van der Waals surface area contributed by atoms with Crippen molar-refractivity contribution in [3.63, 3.8) is 0 Å². The summed E-state index contributed by atoms with van der Waals surface area (Å²) in [6, 6.07) is -0.585. The summed E-state index contributed by atoms with van der Waals surface area (Å²) in [5.41, 5.74) is 5.39. The Hall–Kier alpha value is -3.04. The summed E-state index contributed by atoms with van der Waals surface area (Å²) in [6.07, 6.45) is 2.22.